The fourth-order valence-electron chi connectivity index (χ4n) is 1.52. The van der Waals surface area contributed by atoms with Gasteiger partial charge < -0.3 is 0 Å². The van der Waals surface area contributed by atoms with Crippen molar-refractivity contribution >= 4 is 29.5 Å². The lowest BCUT2D eigenvalue weighted by Crippen LogP contribution is -1.94. The van der Waals surface area contributed by atoms with Crippen LogP contribution in [0.25, 0.3) is 0 Å². The van der Waals surface area contributed by atoms with Gasteiger partial charge in [-0.25, -0.2) is 4.40 Å². The molecule has 0 radical (unpaired) electrons. The molecule has 0 atom stereocenters. The van der Waals surface area contributed by atoms with Gasteiger partial charge in [0.05, 0.1) is 15.9 Å². The Morgan fingerprint density at radius 2 is 1.71 bits per heavy atom. The first-order valence-corrected chi connectivity index (χ1v) is 6.53. The van der Waals surface area contributed by atoms with Crippen molar-refractivity contribution in [3.8, 4) is 0 Å². The second kappa shape index (κ2) is 6.62. The van der Waals surface area contributed by atoms with E-state index in [-0.39, 0.29) is 16.3 Å². The summed E-state index contributed by atoms with van der Waals surface area (Å²) in [4.78, 5) is 20.5. The summed E-state index contributed by atoms with van der Waals surface area (Å²) in [5.74, 6) is 0. The first kappa shape index (κ1) is 14.7. The number of hydrogen-bond acceptors (Lipinski definition) is 6. The molecule has 7 nitrogen and oxygen atoms in total. The minimum atomic E-state index is -0.672. The quantitative estimate of drug-likeness (QED) is 0.363. The van der Waals surface area contributed by atoms with Gasteiger partial charge in [-0.2, -0.15) is 0 Å². The van der Waals surface area contributed by atoms with Gasteiger partial charge in [0.1, 0.15) is 4.90 Å². The molecule has 0 aliphatic carbocycles. The van der Waals surface area contributed by atoms with Crippen molar-refractivity contribution in [1.82, 2.24) is 0 Å². The van der Waals surface area contributed by atoms with Gasteiger partial charge in [-0.05, 0) is 11.6 Å². The molecule has 2 rings (SSSR count). The van der Waals surface area contributed by atoms with E-state index in [4.69, 9.17) is 0 Å². The molecule has 0 saturated carbocycles. The minimum Gasteiger partial charge on any atom is -0.258 e. The molecule has 21 heavy (non-hydrogen) atoms. The molecule has 0 fully saturated rings. The number of non-ortho nitro benzene ring substituents is 1. The van der Waals surface area contributed by atoms with Crippen molar-refractivity contribution in [2.24, 2.45) is 4.40 Å². The normalized spacial score (nSPS) is 10.7. The number of nitro groups is 2. The van der Waals surface area contributed by atoms with E-state index >= 15 is 0 Å². The zero-order chi connectivity index (χ0) is 15.2. The molecular formula is C13H9N3O4S. The summed E-state index contributed by atoms with van der Waals surface area (Å²) in [5, 5.41) is 21.6. The fourth-order valence-corrected chi connectivity index (χ4v) is 2.17. The van der Waals surface area contributed by atoms with Crippen LogP contribution in [0.3, 0.4) is 0 Å². The summed E-state index contributed by atoms with van der Waals surface area (Å²) in [6.45, 7) is 0. The Morgan fingerprint density at radius 3 is 2.33 bits per heavy atom. The number of rotatable bonds is 5. The number of nitro benzene ring substituents is 2. The predicted octanol–water partition coefficient (Wildman–Crippen LogP) is 3.63. The zero-order valence-electron chi connectivity index (χ0n) is 10.6. The van der Waals surface area contributed by atoms with Crippen molar-refractivity contribution in [1.29, 1.82) is 0 Å². The molecule has 0 amide bonds. The van der Waals surface area contributed by atoms with E-state index in [9.17, 15) is 20.2 Å². The van der Waals surface area contributed by atoms with E-state index in [1.54, 1.807) is 6.21 Å². The summed E-state index contributed by atoms with van der Waals surface area (Å²) >= 11 is 0.896. The van der Waals surface area contributed by atoms with Crippen molar-refractivity contribution in [2.45, 2.75) is 4.90 Å². The smallest absolute Gasteiger partial charge is 0.258 e. The average molecular weight is 303 g/mol. The minimum absolute atomic E-state index is 0.248. The molecule has 0 unspecified atom stereocenters. The zero-order valence-corrected chi connectivity index (χ0v) is 11.4. The molecule has 0 spiro atoms. The lowest BCUT2D eigenvalue weighted by Gasteiger charge is -1.98. The Balaban J connectivity index is 2.22. The first-order chi connectivity index (χ1) is 10.1. The standard InChI is InChI=1S/C13H9N3O4S/c17-15(18)11-6-7-13(12(8-11)16(19)20)21-14-9-10-4-2-1-3-5-10/h1-9H/b14-9+. The van der Waals surface area contributed by atoms with Crippen LogP contribution in [-0.4, -0.2) is 16.1 Å². The summed E-state index contributed by atoms with van der Waals surface area (Å²) < 4.78 is 4.05. The molecule has 106 valence electrons. The molecular weight excluding hydrogens is 294 g/mol. The van der Waals surface area contributed by atoms with Gasteiger partial charge in [0.15, 0.2) is 0 Å². The van der Waals surface area contributed by atoms with E-state index in [0.29, 0.717) is 0 Å². The number of benzene rings is 2. The Labute approximate surface area is 123 Å². The number of nitrogens with zero attached hydrogens (tertiary/aromatic N) is 3. The van der Waals surface area contributed by atoms with Gasteiger partial charge in [-0.15, -0.1) is 0 Å². The van der Waals surface area contributed by atoms with Gasteiger partial charge in [-0.3, -0.25) is 20.2 Å². The molecule has 0 aliphatic rings. The maximum atomic E-state index is 10.9. The second-order valence-corrected chi connectivity index (χ2v) is 4.74. The van der Waals surface area contributed by atoms with E-state index < -0.39 is 9.85 Å². The predicted molar refractivity (Wildman–Crippen MR) is 79.6 cm³/mol. The third-order valence-electron chi connectivity index (χ3n) is 2.50. The molecule has 0 N–H and O–H groups in total. The Kier molecular flexibility index (Phi) is 4.62. The lowest BCUT2D eigenvalue weighted by molar-refractivity contribution is -0.396. The Hall–Kier alpha value is -2.74. The van der Waals surface area contributed by atoms with Crippen LogP contribution in [0, 0.1) is 20.2 Å². The maximum absolute atomic E-state index is 10.9. The van der Waals surface area contributed by atoms with Crippen LogP contribution in [0.1, 0.15) is 5.56 Å². The van der Waals surface area contributed by atoms with Gasteiger partial charge in [0, 0.05) is 24.2 Å². The molecule has 0 aromatic heterocycles. The second-order valence-electron chi connectivity index (χ2n) is 3.90. The van der Waals surface area contributed by atoms with E-state index in [1.165, 1.54) is 12.1 Å². The average Bonchev–Trinajstić information content (AvgIpc) is 2.48. The highest BCUT2D eigenvalue weighted by atomic mass is 32.2. The molecule has 2 aromatic rings. The highest BCUT2D eigenvalue weighted by Crippen LogP contribution is 2.32. The SMILES string of the molecule is O=[N+]([O-])c1ccc(S/N=C/c2ccccc2)c([N+](=O)[O-])c1. The third kappa shape index (κ3) is 3.86. The van der Waals surface area contributed by atoms with Crippen LogP contribution in [-0.2, 0) is 0 Å². The van der Waals surface area contributed by atoms with Gasteiger partial charge in [0.2, 0.25) is 0 Å². The molecule has 0 aliphatic heterocycles. The van der Waals surface area contributed by atoms with Gasteiger partial charge in [-0.1, -0.05) is 30.3 Å². The molecule has 8 heteroatoms. The van der Waals surface area contributed by atoms with Crippen LogP contribution < -0.4 is 0 Å². The summed E-state index contributed by atoms with van der Waals surface area (Å²) in [7, 11) is 0. The summed E-state index contributed by atoms with van der Waals surface area (Å²) in [6, 6.07) is 12.7. The highest BCUT2D eigenvalue weighted by Gasteiger charge is 2.19. The van der Waals surface area contributed by atoms with E-state index in [1.807, 2.05) is 30.3 Å². The van der Waals surface area contributed by atoms with Crippen molar-refractivity contribution in [3.05, 3.63) is 74.3 Å². The Morgan fingerprint density at radius 1 is 1.00 bits per heavy atom. The van der Waals surface area contributed by atoms with Crippen LogP contribution in [0.15, 0.2) is 57.8 Å². The van der Waals surface area contributed by atoms with Crippen molar-refractivity contribution in [2.75, 3.05) is 0 Å². The van der Waals surface area contributed by atoms with E-state index in [0.717, 1.165) is 23.6 Å². The Bertz CT molecular complexity index is 704. The first-order valence-electron chi connectivity index (χ1n) is 5.76. The van der Waals surface area contributed by atoms with Crippen LogP contribution in [0.4, 0.5) is 11.4 Å². The van der Waals surface area contributed by atoms with Crippen molar-refractivity contribution in [3.63, 3.8) is 0 Å². The van der Waals surface area contributed by atoms with Gasteiger partial charge in [0.25, 0.3) is 11.4 Å². The van der Waals surface area contributed by atoms with E-state index in [2.05, 4.69) is 4.40 Å². The maximum Gasteiger partial charge on any atom is 0.291 e. The van der Waals surface area contributed by atoms with Crippen molar-refractivity contribution < 1.29 is 9.85 Å². The molecule has 0 saturated heterocycles. The number of hydrogen-bond donors (Lipinski definition) is 0. The molecule has 0 heterocycles. The van der Waals surface area contributed by atoms with Crippen LogP contribution in [0.5, 0.6) is 0 Å². The summed E-state index contributed by atoms with van der Waals surface area (Å²) in [5.41, 5.74) is 0.201. The fraction of sp³-hybridized carbons (Fsp3) is 0. The van der Waals surface area contributed by atoms with Crippen LogP contribution >= 0.6 is 11.9 Å². The van der Waals surface area contributed by atoms with Crippen LogP contribution in [0.2, 0.25) is 0 Å². The topological polar surface area (TPSA) is 98.6 Å². The molecule has 0 bridgehead atoms. The third-order valence-corrected chi connectivity index (χ3v) is 3.26. The largest absolute Gasteiger partial charge is 0.291 e. The van der Waals surface area contributed by atoms with Gasteiger partial charge >= 0.3 is 0 Å². The monoisotopic (exact) mass is 303 g/mol. The lowest BCUT2D eigenvalue weighted by atomic mass is 10.2. The molecule has 2 aromatic carbocycles. The summed E-state index contributed by atoms with van der Waals surface area (Å²) in [6.07, 6.45) is 1.57. The highest BCUT2D eigenvalue weighted by molar-refractivity contribution is 7.98.